The van der Waals surface area contributed by atoms with Crippen molar-refractivity contribution in [3.8, 4) is 0 Å². The predicted molar refractivity (Wildman–Crippen MR) is 57.0 cm³/mol. The maximum atomic E-state index is 9.09. The molecule has 0 aromatic heterocycles. The Hall–Kier alpha value is -1.00. The zero-order chi connectivity index (χ0) is 9.97. The third-order valence-corrected chi connectivity index (χ3v) is 2.60. The smallest absolute Gasteiger partial charge is 0.269 e. The maximum absolute atomic E-state index is 9.09. The lowest BCUT2D eigenvalue weighted by Gasteiger charge is -2.03. The van der Waals surface area contributed by atoms with Gasteiger partial charge in [-0.05, 0) is 24.1 Å². The Morgan fingerprint density at radius 3 is 2.64 bits per heavy atom. The summed E-state index contributed by atoms with van der Waals surface area (Å²) in [7, 11) is 0. The van der Waals surface area contributed by atoms with E-state index >= 15 is 0 Å². The number of aliphatic hydroxyl groups excluding tert-OH is 1. The molecule has 0 radical (unpaired) electrons. The minimum Gasteiger partial charge on any atom is -0.435 e. The van der Waals surface area contributed by atoms with Crippen LogP contribution in [0.25, 0.3) is 0 Å². The number of aryl methyl sites for hydroxylation is 1. The predicted octanol–water partition coefficient (Wildman–Crippen LogP) is 1.95. The molecule has 0 bridgehead atoms. The van der Waals surface area contributed by atoms with E-state index in [0.717, 1.165) is 23.9 Å². The van der Waals surface area contributed by atoms with Gasteiger partial charge in [-0.1, -0.05) is 19.1 Å². The summed E-state index contributed by atoms with van der Waals surface area (Å²) in [5.74, 6) is 0.505. The lowest BCUT2D eigenvalue weighted by molar-refractivity contribution is 0.0587. The fraction of sp³-hybridized carbons (Fsp3) is 0.300. The van der Waals surface area contributed by atoms with Gasteiger partial charge in [0.15, 0.2) is 0 Å². The van der Waals surface area contributed by atoms with Crippen LogP contribution in [-0.4, -0.2) is 16.6 Å². The van der Waals surface area contributed by atoms with Crippen LogP contribution in [0.5, 0.6) is 0 Å². The van der Waals surface area contributed by atoms with E-state index in [0.29, 0.717) is 5.90 Å². The minimum absolute atomic E-state index is 0.505. The van der Waals surface area contributed by atoms with Gasteiger partial charge in [0.05, 0.1) is 11.9 Å². The summed E-state index contributed by atoms with van der Waals surface area (Å²) in [6, 6.07) is 7.99. The Morgan fingerprint density at radius 1 is 1.43 bits per heavy atom. The van der Waals surface area contributed by atoms with Crippen molar-refractivity contribution in [2.75, 3.05) is 0 Å². The molecule has 0 amide bonds. The van der Waals surface area contributed by atoms with Crippen molar-refractivity contribution in [1.82, 2.24) is 0 Å². The number of hydrogen-bond donors (Lipinski definition) is 1. The zero-order valence-corrected chi connectivity index (χ0v) is 8.62. The van der Waals surface area contributed by atoms with E-state index in [1.54, 1.807) is 0 Å². The molecular weight excluding hydrogens is 198 g/mol. The Kier molecular flexibility index (Phi) is 2.74. The van der Waals surface area contributed by atoms with Gasteiger partial charge in [0.1, 0.15) is 0 Å². The molecule has 1 N–H and O–H groups in total. The summed E-state index contributed by atoms with van der Waals surface area (Å²) < 4.78 is 9.09. The molecule has 0 spiro atoms. The van der Waals surface area contributed by atoms with E-state index in [4.69, 9.17) is 9.84 Å². The molecule has 74 valence electrons. The molecule has 1 aliphatic heterocycles. The van der Waals surface area contributed by atoms with Gasteiger partial charge in [0.25, 0.3) is 5.62 Å². The van der Waals surface area contributed by atoms with Gasteiger partial charge in [0, 0.05) is 5.56 Å². The van der Waals surface area contributed by atoms with E-state index in [9.17, 15) is 0 Å². The van der Waals surface area contributed by atoms with E-state index in [2.05, 4.69) is 11.3 Å². The van der Waals surface area contributed by atoms with E-state index in [1.807, 2.05) is 24.3 Å². The molecule has 4 heteroatoms. The van der Waals surface area contributed by atoms with Crippen LogP contribution in [0, 0.1) is 0 Å². The van der Waals surface area contributed by atoms with Gasteiger partial charge in [-0.15, -0.1) is 0 Å². The van der Waals surface area contributed by atoms with E-state index in [1.165, 1.54) is 5.56 Å². The molecule has 0 aliphatic carbocycles. The second-order valence-electron chi connectivity index (χ2n) is 2.98. The van der Waals surface area contributed by atoms with Gasteiger partial charge in [-0.25, -0.2) is 0 Å². The molecule has 3 nitrogen and oxygen atoms in total. The Morgan fingerprint density at radius 2 is 2.14 bits per heavy atom. The van der Waals surface area contributed by atoms with E-state index < -0.39 is 5.62 Å². The zero-order valence-electron chi connectivity index (χ0n) is 7.80. The second kappa shape index (κ2) is 4.02. The van der Waals surface area contributed by atoms with Crippen molar-refractivity contribution in [1.29, 1.82) is 0 Å². The molecule has 1 heterocycles. The standard InChI is InChI=1S/C10H11NO2S/c1-2-7-3-5-8(6-4-7)9-11-14-10(12)13-9/h3-6,10,12H,2H2,1H3. The minimum atomic E-state index is -0.851. The van der Waals surface area contributed by atoms with Crippen molar-refractivity contribution in [2.24, 2.45) is 4.40 Å². The molecule has 14 heavy (non-hydrogen) atoms. The van der Waals surface area contributed by atoms with Crippen molar-refractivity contribution in [3.63, 3.8) is 0 Å². The highest BCUT2D eigenvalue weighted by Crippen LogP contribution is 2.23. The molecule has 1 aliphatic rings. The number of aliphatic hydroxyl groups is 1. The second-order valence-corrected chi connectivity index (χ2v) is 3.77. The third kappa shape index (κ3) is 1.91. The maximum Gasteiger partial charge on any atom is 0.269 e. The number of benzene rings is 1. The van der Waals surface area contributed by atoms with Crippen molar-refractivity contribution in [2.45, 2.75) is 19.0 Å². The molecule has 1 unspecified atom stereocenters. The van der Waals surface area contributed by atoms with E-state index in [-0.39, 0.29) is 0 Å². The molecular formula is C10H11NO2S. The number of hydrogen-bond acceptors (Lipinski definition) is 4. The normalized spacial score (nSPS) is 20.4. The first-order valence-corrected chi connectivity index (χ1v) is 5.31. The number of rotatable bonds is 2. The van der Waals surface area contributed by atoms with Crippen molar-refractivity contribution >= 4 is 17.8 Å². The molecule has 0 saturated carbocycles. The fourth-order valence-corrected chi connectivity index (χ4v) is 1.70. The van der Waals surface area contributed by atoms with Crippen molar-refractivity contribution in [3.05, 3.63) is 35.4 Å². The van der Waals surface area contributed by atoms with Crippen molar-refractivity contribution < 1.29 is 9.84 Å². The summed E-state index contributed by atoms with van der Waals surface area (Å²) in [6.07, 6.45) is 1.02. The molecule has 1 atom stereocenters. The van der Waals surface area contributed by atoms with Crippen LogP contribution in [-0.2, 0) is 11.2 Å². The van der Waals surface area contributed by atoms with Gasteiger partial charge in [-0.3, -0.25) is 0 Å². The topological polar surface area (TPSA) is 41.8 Å². The van der Waals surface area contributed by atoms with Crippen LogP contribution in [0.3, 0.4) is 0 Å². The highest BCUT2D eigenvalue weighted by molar-refractivity contribution is 7.98. The summed E-state index contributed by atoms with van der Waals surface area (Å²) in [4.78, 5) is 0. The fourth-order valence-electron chi connectivity index (χ4n) is 1.24. The third-order valence-electron chi connectivity index (χ3n) is 2.05. The van der Waals surface area contributed by atoms with Crippen LogP contribution in [0.15, 0.2) is 28.7 Å². The highest BCUT2D eigenvalue weighted by atomic mass is 32.2. The van der Waals surface area contributed by atoms with Gasteiger partial charge in [0.2, 0.25) is 5.90 Å². The first kappa shape index (κ1) is 9.55. The lowest BCUT2D eigenvalue weighted by atomic mass is 10.1. The quantitative estimate of drug-likeness (QED) is 0.757. The average Bonchev–Trinajstić information content (AvgIpc) is 2.65. The summed E-state index contributed by atoms with van der Waals surface area (Å²) in [5, 5.41) is 9.09. The monoisotopic (exact) mass is 209 g/mol. The Labute approximate surface area is 86.9 Å². The van der Waals surface area contributed by atoms with Gasteiger partial charge >= 0.3 is 0 Å². The summed E-state index contributed by atoms with van der Waals surface area (Å²) >= 11 is 1.03. The first-order valence-electron chi connectivity index (χ1n) is 4.47. The van der Waals surface area contributed by atoms with Gasteiger partial charge < -0.3 is 9.84 Å². The lowest BCUT2D eigenvalue weighted by Crippen LogP contribution is -2.08. The van der Waals surface area contributed by atoms with Gasteiger partial charge in [-0.2, -0.15) is 4.40 Å². The highest BCUT2D eigenvalue weighted by Gasteiger charge is 2.18. The van der Waals surface area contributed by atoms with Crippen LogP contribution < -0.4 is 0 Å². The van der Waals surface area contributed by atoms with Crippen LogP contribution in [0.4, 0.5) is 0 Å². The molecule has 1 aromatic carbocycles. The molecule has 0 saturated heterocycles. The first-order chi connectivity index (χ1) is 6.79. The average molecular weight is 209 g/mol. The Bertz CT molecular complexity index is 348. The van der Waals surface area contributed by atoms with Crippen LogP contribution >= 0.6 is 11.9 Å². The SMILES string of the molecule is CCc1ccc(C2=NSC(O)O2)cc1. The largest absolute Gasteiger partial charge is 0.435 e. The molecule has 1 aromatic rings. The molecule has 2 rings (SSSR count). The Balaban J connectivity index is 2.17. The summed E-state index contributed by atoms with van der Waals surface area (Å²) in [5.41, 5.74) is 1.34. The van der Waals surface area contributed by atoms with Crippen LogP contribution in [0.2, 0.25) is 0 Å². The number of nitrogens with zero attached hydrogens (tertiary/aromatic N) is 1. The van der Waals surface area contributed by atoms with Crippen LogP contribution in [0.1, 0.15) is 18.1 Å². The number of ether oxygens (including phenoxy) is 1. The summed E-state index contributed by atoms with van der Waals surface area (Å²) in [6.45, 7) is 2.11. The molecule has 0 fully saturated rings.